The Hall–Kier alpha value is -2.33. The number of para-hydroxylation sites is 3. The molecule has 0 radical (unpaired) electrons. The Bertz CT molecular complexity index is 871. The van der Waals surface area contributed by atoms with Crippen molar-refractivity contribution in [3.05, 3.63) is 59.4 Å². The van der Waals surface area contributed by atoms with E-state index in [1.807, 2.05) is 18.2 Å². The van der Waals surface area contributed by atoms with Gasteiger partial charge in [-0.1, -0.05) is 30.3 Å². The molecule has 1 N–H and O–H groups in total. The van der Waals surface area contributed by atoms with Gasteiger partial charge in [0, 0.05) is 6.54 Å². The molecule has 0 aliphatic heterocycles. The number of aliphatic hydroxyl groups is 1. The summed E-state index contributed by atoms with van der Waals surface area (Å²) in [6, 6.07) is 14.3. The van der Waals surface area contributed by atoms with E-state index in [1.165, 1.54) is 11.1 Å². The third-order valence-corrected chi connectivity index (χ3v) is 4.63. The smallest absolute Gasteiger partial charge is 0.141 e. The van der Waals surface area contributed by atoms with Crippen LogP contribution in [0.1, 0.15) is 43.6 Å². The van der Waals surface area contributed by atoms with Crippen LogP contribution in [0.2, 0.25) is 0 Å². The van der Waals surface area contributed by atoms with Gasteiger partial charge in [0.15, 0.2) is 0 Å². The predicted molar refractivity (Wildman–Crippen MR) is 106 cm³/mol. The largest absolute Gasteiger partial charge is 0.493 e. The Kier molecular flexibility index (Phi) is 5.33. The fraction of sp³-hybridized carbons (Fsp3) is 0.409. The first-order valence-corrected chi connectivity index (χ1v) is 9.25. The van der Waals surface area contributed by atoms with Crippen molar-refractivity contribution in [1.82, 2.24) is 9.55 Å². The lowest BCUT2D eigenvalue weighted by Gasteiger charge is -2.19. The molecule has 3 aromatic rings. The van der Waals surface area contributed by atoms with E-state index in [-0.39, 0.29) is 0 Å². The zero-order chi connectivity index (χ0) is 18.7. The highest BCUT2D eigenvalue weighted by Gasteiger charge is 2.24. The molecule has 0 saturated heterocycles. The Balaban J connectivity index is 1.65. The summed E-state index contributed by atoms with van der Waals surface area (Å²) in [7, 11) is 0. The van der Waals surface area contributed by atoms with Crippen LogP contribution in [0, 0.1) is 13.8 Å². The number of aryl methyl sites for hydroxylation is 3. The first-order chi connectivity index (χ1) is 12.4. The Labute approximate surface area is 155 Å². The molecule has 0 aliphatic rings. The molecular formula is C22H28N2O2. The second-order valence-corrected chi connectivity index (χ2v) is 7.41. The average molecular weight is 352 g/mol. The van der Waals surface area contributed by atoms with Crippen molar-refractivity contribution in [2.75, 3.05) is 6.61 Å². The molecule has 3 rings (SSSR count). The number of rotatable bonds is 7. The molecule has 4 heteroatoms. The van der Waals surface area contributed by atoms with Crippen LogP contribution in [0.15, 0.2) is 42.5 Å². The van der Waals surface area contributed by atoms with E-state index in [0.29, 0.717) is 6.61 Å². The zero-order valence-electron chi connectivity index (χ0n) is 16.1. The number of aromatic nitrogens is 2. The highest BCUT2D eigenvalue weighted by molar-refractivity contribution is 5.76. The second kappa shape index (κ2) is 7.50. The number of nitrogens with zero attached hydrogens (tertiary/aromatic N) is 2. The molecule has 2 aromatic carbocycles. The summed E-state index contributed by atoms with van der Waals surface area (Å²) in [5, 5.41) is 10.5. The third-order valence-electron chi connectivity index (χ3n) is 4.63. The number of unbranched alkanes of at least 4 members (excludes halogenated alkanes) is 1. The van der Waals surface area contributed by atoms with Gasteiger partial charge in [0.25, 0.3) is 0 Å². The van der Waals surface area contributed by atoms with Gasteiger partial charge in [0.1, 0.15) is 17.2 Å². The van der Waals surface area contributed by atoms with E-state index in [0.717, 1.165) is 42.0 Å². The van der Waals surface area contributed by atoms with Crippen LogP contribution < -0.4 is 4.74 Å². The minimum atomic E-state index is -0.965. The molecule has 4 nitrogen and oxygen atoms in total. The number of imidazole rings is 1. The number of hydrogen-bond acceptors (Lipinski definition) is 3. The second-order valence-electron chi connectivity index (χ2n) is 7.41. The molecule has 138 valence electrons. The van der Waals surface area contributed by atoms with Crippen LogP contribution in [-0.2, 0) is 12.1 Å². The van der Waals surface area contributed by atoms with E-state index in [1.54, 1.807) is 13.8 Å². The Morgan fingerprint density at radius 1 is 1.00 bits per heavy atom. The molecule has 1 aromatic heterocycles. The van der Waals surface area contributed by atoms with Gasteiger partial charge in [-0.05, 0) is 63.8 Å². The van der Waals surface area contributed by atoms with Gasteiger partial charge in [0.2, 0.25) is 0 Å². The molecule has 0 bridgehead atoms. The molecule has 0 spiro atoms. The summed E-state index contributed by atoms with van der Waals surface area (Å²) in [6.45, 7) is 9.24. The van der Waals surface area contributed by atoms with Crippen LogP contribution in [0.25, 0.3) is 11.0 Å². The van der Waals surface area contributed by atoms with E-state index >= 15 is 0 Å². The van der Waals surface area contributed by atoms with E-state index < -0.39 is 5.60 Å². The van der Waals surface area contributed by atoms with Gasteiger partial charge in [-0.25, -0.2) is 4.98 Å². The summed E-state index contributed by atoms with van der Waals surface area (Å²) in [5.74, 6) is 1.71. The summed E-state index contributed by atoms with van der Waals surface area (Å²) >= 11 is 0. The normalized spacial score (nSPS) is 11.9. The van der Waals surface area contributed by atoms with Crippen LogP contribution >= 0.6 is 0 Å². The maximum atomic E-state index is 10.5. The predicted octanol–water partition coefficient (Wildman–Crippen LogP) is 4.74. The van der Waals surface area contributed by atoms with Crippen molar-refractivity contribution in [1.29, 1.82) is 0 Å². The van der Waals surface area contributed by atoms with Crippen LogP contribution in [0.3, 0.4) is 0 Å². The summed E-state index contributed by atoms with van der Waals surface area (Å²) in [6.07, 6.45) is 1.92. The summed E-state index contributed by atoms with van der Waals surface area (Å²) in [4.78, 5) is 4.64. The topological polar surface area (TPSA) is 47.3 Å². The number of fused-ring (bicyclic) bond motifs is 1. The lowest BCUT2D eigenvalue weighted by molar-refractivity contribution is 0.0650. The third kappa shape index (κ3) is 3.91. The first-order valence-electron chi connectivity index (χ1n) is 9.25. The molecular weight excluding hydrogens is 324 g/mol. The van der Waals surface area contributed by atoms with Gasteiger partial charge < -0.3 is 14.4 Å². The van der Waals surface area contributed by atoms with Crippen molar-refractivity contribution >= 4 is 11.0 Å². The molecule has 0 atom stereocenters. The Morgan fingerprint density at radius 2 is 1.69 bits per heavy atom. The lowest BCUT2D eigenvalue weighted by Crippen LogP contribution is -2.22. The molecule has 0 aliphatic carbocycles. The first kappa shape index (κ1) is 18.5. The van der Waals surface area contributed by atoms with Crippen molar-refractivity contribution in [2.45, 2.75) is 52.7 Å². The summed E-state index contributed by atoms with van der Waals surface area (Å²) in [5.41, 5.74) is 3.38. The zero-order valence-corrected chi connectivity index (χ0v) is 16.1. The molecule has 0 unspecified atom stereocenters. The van der Waals surface area contributed by atoms with Gasteiger partial charge >= 0.3 is 0 Å². The van der Waals surface area contributed by atoms with E-state index in [2.05, 4.69) is 47.7 Å². The lowest BCUT2D eigenvalue weighted by atomic mass is 10.1. The van der Waals surface area contributed by atoms with Gasteiger partial charge in [-0.3, -0.25) is 0 Å². The average Bonchev–Trinajstić information content (AvgIpc) is 2.96. The van der Waals surface area contributed by atoms with E-state index in [9.17, 15) is 5.11 Å². The fourth-order valence-electron chi connectivity index (χ4n) is 3.34. The molecule has 26 heavy (non-hydrogen) atoms. The fourth-order valence-corrected chi connectivity index (χ4v) is 3.34. The quantitative estimate of drug-likeness (QED) is 0.625. The highest BCUT2D eigenvalue weighted by Crippen LogP contribution is 2.26. The van der Waals surface area contributed by atoms with Crippen molar-refractivity contribution in [3.63, 3.8) is 0 Å². The maximum absolute atomic E-state index is 10.5. The minimum absolute atomic E-state index is 0.691. The standard InChI is InChI=1S/C22H28N2O2/c1-16-10-9-11-17(2)20(16)26-15-8-7-14-24-19-13-6-5-12-18(19)23-21(24)22(3,4)25/h5-6,9-13,25H,7-8,14-15H2,1-4H3. The molecule has 1 heterocycles. The SMILES string of the molecule is Cc1cccc(C)c1OCCCCn1c(C(C)(C)O)nc2ccccc21. The van der Waals surface area contributed by atoms with Crippen molar-refractivity contribution < 1.29 is 9.84 Å². The summed E-state index contributed by atoms with van der Waals surface area (Å²) < 4.78 is 8.13. The minimum Gasteiger partial charge on any atom is -0.493 e. The highest BCUT2D eigenvalue weighted by atomic mass is 16.5. The van der Waals surface area contributed by atoms with Gasteiger partial charge in [-0.2, -0.15) is 0 Å². The van der Waals surface area contributed by atoms with Gasteiger partial charge in [0.05, 0.1) is 17.6 Å². The van der Waals surface area contributed by atoms with Gasteiger partial charge in [-0.15, -0.1) is 0 Å². The number of ether oxygens (including phenoxy) is 1. The van der Waals surface area contributed by atoms with Crippen molar-refractivity contribution in [2.24, 2.45) is 0 Å². The molecule has 0 amide bonds. The molecule has 0 fully saturated rings. The maximum Gasteiger partial charge on any atom is 0.141 e. The monoisotopic (exact) mass is 352 g/mol. The number of benzene rings is 2. The van der Waals surface area contributed by atoms with Crippen LogP contribution in [-0.4, -0.2) is 21.3 Å². The van der Waals surface area contributed by atoms with Crippen molar-refractivity contribution in [3.8, 4) is 5.75 Å². The van der Waals surface area contributed by atoms with Crippen LogP contribution in [0.5, 0.6) is 5.75 Å². The Morgan fingerprint density at radius 3 is 2.38 bits per heavy atom. The number of hydrogen-bond donors (Lipinski definition) is 1. The molecule has 0 saturated carbocycles. The van der Waals surface area contributed by atoms with Crippen LogP contribution in [0.4, 0.5) is 0 Å². The van der Waals surface area contributed by atoms with E-state index in [4.69, 9.17) is 4.74 Å².